The van der Waals surface area contributed by atoms with Crippen molar-refractivity contribution in [3.05, 3.63) is 65.2 Å². The van der Waals surface area contributed by atoms with Gasteiger partial charge in [-0.3, -0.25) is 0 Å². The van der Waals surface area contributed by atoms with Crippen LogP contribution in [0.25, 0.3) is 0 Å². The van der Waals surface area contributed by atoms with E-state index in [1.165, 1.54) is 7.11 Å². The van der Waals surface area contributed by atoms with Crippen molar-refractivity contribution in [2.45, 2.75) is 13.2 Å². The first kappa shape index (κ1) is 14.1. The van der Waals surface area contributed by atoms with E-state index >= 15 is 0 Å². The highest BCUT2D eigenvalue weighted by atomic mass is 16.5. The van der Waals surface area contributed by atoms with Crippen LogP contribution >= 0.6 is 0 Å². The van der Waals surface area contributed by atoms with Crippen molar-refractivity contribution in [1.29, 1.82) is 0 Å². The van der Waals surface area contributed by atoms with Gasteiger partial charge in [0.2, 0.25) is 0 Å². The molecule has 104 valence electrons. The molecule has 0 fully saturated rings. The Labute approximate surface area is 117 Å². The summed E-state index contributed by atoms with van der Waals surface area (Å²) in [5.41, 5.74) is 2.27. The van der Waals surface area contributed by atoms with Crippen LogP contribution in [0.1, 0.15) is 21.5 Å². The molecule has 0 unspecified atom stereocenters. The van der Waals surface area contributed by atoms with E-state index in [-0.39, 0.29) is 12.6 Å². The molecule has 0 radical (unpaired) electrons. The van der Waals surface area contributed by atoms with Gasteiger partial charge in [0.05, 0.1) is 19.3 Å². The number of esters is 1. The van der Waals surface area contributed by atoms with Crippen LogP contribution in [0.4, 0.5) is 0 Å². The van der Waals surface area contributed by atoms with Crippen LogP contribution in [0.3, 0.4) is 0 Å². The fourth-order valence-electron chi connectivity index (χ4n) is 1.76. The average Bonchev–Trinajstić information content (AvgIpc) is 2.53. The Balaban J connectivity index is 1.98. The summed E-state index contributed by atoms with van der Waals surface area (Å²) in [7, 11) is 1.35. The second kappa shape index (κ2) is 6.73. The van der Waals surface area contributed by atoms with Gasteiger partial charge in [0.15, 0.2) is 0 Å². The first-order chi connectivity index (χ1) is 9.72. The Bertz CT molecular complexity index is 575. The Morgan fingerprint density at radius 2 is 1.85 bits per heavy atom. The van der Waals surface area contributed by atoms with Gasteiger partial charge in [-0.15, -0.1) is 0 Å². The lowest BCUT2D eigenvalue weighted by Crippen LogP contribution is -2.02. The molecule has 4 heteroatoms. The Morgan fingerprint density at radius 3 is 2.50 bits per heavy atom. The molecule has 0 amide bonds. The number of benzene rings is 2. The van der Waals surface area contributed by atoms with Crippen LogP contribution in [0.5, 0.6) is 5.75 Å². The number of hydrogen-bond acceptors (Lipinski definition) is 4. The number of carbonyl (C=O) groups is 1. The van der Waals surface area contributed by atoms with Gasteiger partial charge in [-0.1, -0.05) is 24.3 Å². The molecule has 0 saturated heterocycles. The molecule has 0 atom stereocenters. The van der Waals surface area contributed by atoms with Crippen molar-refractivity contribution < 1.29 is 19.4 Å². The van der Waals surface area contributed by atoms with Crippen LogP contribution in [-0.4, -0.2) is 18.2 Å². The number of hydrogen-bond donors (Lipinski definition) is 1. The average molecular weight is 272 g/mol. The van der Waals surface area contributed by atoms with E-state index in [2.05, 4.69) is 4.74 Å². The minimum atomic E-state index is -0.354. The van der Waals surface area contributed by atoms with Crippen LogP contribution in [0.15, 0.2) is 48.5 Å². The zero-order valence-corrected chi connectivity index (χ0v) is 11.2. The number of aliphatic hydroxyl groups excluding tert-OH is 1. The molecule has 2 aromatic rings. The third kappa shape index (κ3) is 3.59. The van der Waals surface area contributed by atoms with E-state index in [4.69, 9.17) is 9.84 Å². The highest BCUT2D eigenvalue weighted by Gasteiger charge is 2.04. The molecule has 0 aliphatic heterocycles. The van der Waals surface area contributed by atoms with Gasteiger partial charge in [0, 0.05) is 0 Å². The van der Waals surface area contributed by atoms with Crippen molar-refractivity contribution in [2.75, 3.05) is 7.11 Å². The quantitative estimate of drug-likeness (QED) is 0.850. The van der Waals surface area contributed by atoms with Crippen LogP contribution in [-0.2, 0) is 18.0 Å². The molecule has 4 nitrogen and oxygen atoms in total. The summed E-state index contributed by atoms with van der Waals surface area (Å²) in [6.07, 6.45) is 0. The van der Waals surface area contributed by atoms with E-state index in [0.29, 0.717) is 17.9 Å². The third-order valence-electron chi connectivity index (χ3n) is 2.86. The van der Waals surface area contributed by atoms with Crippen LogP contribution in [0.2, 0.25) is 0 Å². The SMILES string of the molecule is COC(=O)c1ccc(COc2cccc(CO)c2)cc1. The maximum absolute atomic E-state index is 11.3. The first-order valence-electron chi connectivity index (χ1n) is 6.23. The zero-order valence-electron chi connectivity index (χ0n) is 11.2. The van der Waals surface area contributed by atoms with Crippen molar-refractivity contribution in [3.63, 3.8) is 0 Å². The van der Waals surface area contributed by atoms with Gasteiger partial charge in [0.1, 0.15) is 12.4 Å². The van der Waals surface area contributed by atoms with Gasteiger partial charge in [-0.25, -0.2) is 4.79 Å². The maximum atomic E-state index is 11.3. The molecule has 1 N–H and O–H groups in total. The lowest BCUT2D eigenvalue weighted by molar-refractivity contribution is 0.0600. The Kier molecular flexibility index (Phi) is 4.74. The minimum absolute atomic E-state index is 0.00890. The first-order valence-corrected chi connectivity index (χ1v) is 6.23. The van der Waals surface area contributed by atoms with Gasteiger partial charge in [0.25, 0.3) is 0 Å². The summed E-state index contributed by atoms with van der Waals surface area (Å²) in [4.78, 5) is 11.3. The van der Waals surface area contributed by atoms with Crippen molar-refractivity contribution in [2.24, 2.45) is 0 Å². The largest absolute Gasteiger partial charge is 0.489 e. The molecule has 2 rings (SSSR count). The number of rotatable bonds is 5. The van der Waals surface area contributed by atoms with Gasteiger partial charge >= 0.3 is 5.97 Å². The maximum Gasteiger partial charge on any atom is 0.337 e. The topological polar surface area (TPSA) is 55.8 Å². The smallest absolute Gasteiger partial charge is 0.337 e. The molecule has 20 heavy (non-hydrogen) atoms. The van der Waals surface area contributed by atoms with E-state index in [9.17, 15) is 4.79 Å². The molecule has 0 aliphatic carbocycles. The number of ether oxygens (including phenoxy) is 2. The lowest BCUT2D eigenvalue weighted by Gasteiger charge is -2.08. The molecule has 0 bridgehead atoms. The fraction of sp³-hybridized carbons (Fsp3) is 0.188. The summed E-state index contributed by atoms with van der Waals surface area (Å²) in [5.74, 6) is 0.349. The molecule has 0 aliphatic rings. The van der Waals surface area contributed by atoms with Gasteiger partial charge in [-0.05, 0) is 35.4 Å². The molecular weight excluding hydrogens is 256 g/mol. The monoisotopic (exact) mass is 272 g/mol. The molecular formula is C16H16O4. The lowest BCUT2D eigenvalue weighted by atomic mass is 10.1. The number of aliphatic hydroxyl groups is 1. The fourth-order valence-corrected chi connectivity index (χ4v) is 1.76. The van der Waals surface area contributed by atoms with Crippen molar-refractivity contribution in [1.82, 2.24) is 0 Å². The van der Waals surface area contributed by atoms with E-state index in [0.717, 1.165) is 11.1 Å². The second-order valence-corrected chi connectivity index (χ2v) is 4.28. The summed E-state index contributed by atoms with van der Waals surface area (Å²) in [5, 5.41) is 9.05. The summed E-state index contributed by atoms with van der Waals surface area (Å²) in [6.45, 7) is 0.390. The van der Waals surface area contributed by atoms with Crippen molar-refractivity contribution >= 4 is 5.97 Å². The minimum Gasteiger partial charge on any atom is -0.489 e. The van der Waals surface area contributed by atoms with Crippen molar-refractivity contribution in [3.8, 4) is 5.75 Å². The Hall–Kier alpha value is -2.33. The molecule has 0 saturated carbocycles. The third-order valence-corrected chi connectivity index (χ3v) is 2.86. The van der Waals surface area contributed by atoms with Gasteiger partial charge < -0.3 is 14.6 Å². The zero-order chi connectivity index (χ0) is 14.4. The molecule has 0 heterocycles. The predicted octanol–water partition coefficient (Wildman–Crippen LogP) is 2.54. The number of carbonyl (C=O) groups excluding carboxylic acids is 1. The highest BCUT2D eigenvalue weighted by Crippen LogP contribution is 2.15. The standard InChI is InChI=1S/C16H16O4/c1-19-16(18)14-7-5-12(6-8-14)11-20-15-4-2-3-13(9-15)10-17/h2-9,17H,10-11H2,1H3. The molecule has 0 aromatic heterocycles. The summed E-state index contributed by atoms with van der Waals surface area (Å²) in [6, 6.07) is 14.3. The van der Waals surface area contributed by atoms with Gasteiger partial charge in [-0.2, -0.15) is 0 Å². The van der Waals surface area contributed by atoms with E-state index in [1.807, 2.05) is 30.3 Å². The predicted molar refractivity (Wildman–Crippen MR) is 74.5 cm³/mol. The number of methoxy groups -OCH3 is 1. The second-order valence-electron chi connectivity index (χ2n) is 4.28. The van der Waals surface area contributed by atoms with Crippen LogP contribution in [0, 0.1) is 0 Å². The molecule has 2 aromatic carbocycles. The highest BCUT2D eigenvalue weighted by molar-refractivity contribution is 5.89. The normalized spacial score (nSPS) is 10.1. The Morgan fingerprint density at radius 1 is 1.10 bits per heavy atom. The molecule has 0 spiro atoms. The summed E-state index contributed by atoms with van der Waals surface area (Å²) < 4.78 is 10.3. The summed E-state index contributed by atoms with van der Waals surface area (Å²) >= 11 is 0. The van der Waals surface area contributed by atoms with E-state index in [1.54, 1.807) is 18.2 Å². The van der Waals surface area contributed by atoms with E-state index < -0.39 is 0 Å². The van der Waals surface area contributed by atoms with Crippen LogP contribution < -0.4 is 4.74 Å².